The van der Waals surface area contributed by atoms with E-state index in [-0.39, 0.29) is 52.5 Å². The van der Waals surface area contributed by atoms with Crippen molar-refractivity contribution in [3.05, 3.63) is 133 Å². The number of carbonyl (C=O) groups excluding carboxylic acids is 1. The number of rotatable bonds is 9. The van der Waals surface area contributed by atoms with E-state index in [1.165, 1.54) is 40.0 Å². The van der Waals surface area contributed by atoms with Crippen LogP contribution in [0.25, 0.3) is 27.8 Å². The minimum atomic E-state index is -1.22. The average molecular weight is 724 g/mol. The molecule has 1 amide bonds. The Morgan fingerprint density at radius 3 is 2.55 bits per heavy atom. The van der Waals surface area contributed by atoms with Crippen molar-refractivity contribution >= 4 is 33.8 Å². The summed E-state index contributed by atoms with van der Waals surface area (Å²) in [5, 5.41) is 13.9. The number of H-pyrrole nitrogens is 1. The fourth-order valence-corrected chi connectivity index (χ4v) is 6.55. The highest BCUT2D eigenvalue weighted by Gasteiger charge is 2.27. The number of likely N-dealkylation sites (tertiary alicyclic amines) is 1. The van der Waals surface area contributed by atoms with E-state index in [4.69, 9.17) is 0 Å². The van der Waals surface area contributed by atoms with E-state index in [1.54, 1.807) is 42.8 Å². The van der Waals surface area contributed by atoms with Crippen LogP contribution in [0.2, 0.25) is 0 Å². The monoisotopic (exact) mass is 723 g/mol. The summed E-state index contributed by atoms with van der Waals surface area (Å²) >= 11 is 0. The number of piperidine rings is 1. The van der Waals surface area contributed by atoms with Crippen molar-refractivity contribution in [3.8, 4) is 5.82 Å². The Bertz CT molecular complexity index is 2600. The van der Waals surface area contributed by atoms with Gasteiger partial charge in [-0.15, -0.1) is 6.58 Å². The zero-order valence-corrected chi connectivity index (χ0v) is 28.8. The number of nitrogens with one attached hydrogen (secondary N) is 2. The number of nitrogens with zero attached hydrogens (tertiary/aromatic N) is 7. The van der Waals surface area contributed by atoms with Gasteiger partial charge < -0.3 is 15.3 Å². The van der Waals surface area contributed by atoms with Gasteiger partial charge in [0.15, 0.2) is 11.5 Å². The van der Waals surface area contributed by atoms with Crippen molar-refractivity contribution in [2.75, 3.05) is 18.4 Å². The van der Waals surface area contributed by atoms with Crippen molar-refractivity contribution < 1.29 is 18.7 Å². The van der Waals surface area contributed by atoms with Crippen LogP contribution >= 0.6 is 0 Å². The third kappa shape index (κ3) is 6.64. The van der Waals surface area contributed by atoms with Crippen molar-refractivity contribution in [2.24, 2.45) is 0 Å². The van der Waals surface area contributed by atoms with Crippen LogP contribution in [0.1, 0.15) is 48.3 Å². The summed E-state index contributed by atoms with van der Waals surface area (Å²) in [4.78, 5) is 69.2. The van der Waals surface area contributed by atoms with Crippen LogP contribution in [0.15, 0.2) is 87.8 Å². The SMILES string of the molecule is C=CCn1c(=O)c2cnc(NC3CCN(C(=O)c4cc(Cn5c(=O)[nH]c(=O)c6c(F)cccc65)ccc4F)CC3)nc2n1-c1cccc(C(C)(C)O)n1. The van der Waals surface area contributed by atoms with Crippen molar-refractivity contribution in [2.45, 2.75) is 51.4 Å². The second-order valence-corrected chi connectivity index (χ2v) is 13.4. The summed E-state index contributed by atoms with van der Waals surface area (Å²) in [6.07, 6.45) is 3.99. The van der Waals surface area contributed by atoms with Gasteiger partial charge in [-0.25, -0.2) is 32.9 Å². The molecule has 4 aromatic heterocycles. The molecule has 1 fully saturated rings. The molecule has 1 aliphatic rings. The smallest absolute Gasteiger partial charge is 0.329 e. The fourth-order valence-electron chi connectivity index (χ4n) is 6.55. The summed E-state index contributed by atoms with van der Waals surface area (Å²) < 4.78 is 33.7. The molecule has 0 saturated carbocycles. The fraction of sp³-hybridized carbons (Fsp3) is 0.270. The number of hydrogen-bond donors (Lipinski definition) is 3. The average Bonchev–Trinajstić information content (AvgIpc) is 3.40. The first-order valence-corrected chi connectivity index (χ1v) is 16.9. The highest BCUT2D eigenvalue weighted by atomic mass is 19.1. The van der Waals surface area contributed by atoms with Crippen LogP contribution in [0, 0.1) is 11.6 Å². The molecule has 0 unspecified atom stereocenters. The van der Waals surface area contributed by atoms with Crippen LogP contribution in [0.5, 0.6) is 0 Å². The molecule has 0 spiro atoms. The minimum Gasteiger partial charge on any atom is -0.384 e. The van der Waals surface area contributed by atoms with Crippen molar-refractivity contribution in [1.29, 1.82) is 0 Å². The Morgan fingerprint density at radius 2 is 1.81 bits per heavy atom. The predicted molar refractivity (Wildman–Crippen MR) is 193 cm³/mol. The topological polar surface area (TPSA) is 173 Å². The van der Waals surface area contributed by atoms with Gasteiger partial charge >= 0.3 is 5.69 Å². The van der Waals surface area contributed by atoms with E-state index in [0.29, 0.717) is 48.7 Å². The third-order valence-electron chi connectivity index (χ3n) is 9.25. The second-order valence-electron chi connectivity index (χ2n) is 13.4. The predicted octanol–water partition coefficient (Wildman–Crippen LogP) is 3.44. The van der Waals surface area contributed by atoms with Crippen LogP contribution in [-0.4, -0.2) is 68.9 Å². The third-order valence-corrected chi connectivity index (χ3v) is 9.25. The summed E-state index contributed by atoms with van der Waals surface area (Å²) in [7, 11) is 0. The molecular weight excluding hydrogens is 688 g/mol. The number of aromatic amines is 1. The normalized spacial score (nSPS) is 13.9. The maximum absolute atomic E-state index is 15.1. The summed E-state index contributed by atoms with van der Waals surface area (Å²) in [5.74, 6) is -1.42. The number of allylic oxidation sites excluding steroid dienone is 1. The molecule has 5 heterocycles. The lowest BCUT2D eigenvalue weighted by molar-refractivity contribution is 0.0712. The standard InChI is InChI=1S/C37H35F2N9O5/c1-4-15-47-34(51)24-19-40-35(43-31(24)48(47)29-10-6-9-28(42-29)37(2,3)53)41-22-13-16-45(17-14-22)33(50)23-18-21(11-12-25(23)38)20-46-27-8-5-7-26(39)30(27)32(49)44-36(46)52/h4-12,18-19,22,53H,1,13-17,20H2,2-3H3,(H,40,41,43)(H,44,49,52). The van der Waals surface area contributed by atoms with Gasteiger partial charge in [0.25, 0.3) is 17.0 Å². The molecule has 272 valence electrons. The summed E-state index contributed by atoms with van der Waals surface area (Å²) in [6.45, 7) is 7.62. The van der Waals surface area contributed by atoms with Gasteiger partial charge in [-0.2, -0.15) is 4.98 Å². The van der Waals surface area contributed by atoms with Gasteiger partial charge in [-0.05, 0) is 68.7 Å². The van der Waals surface area contributed by atoms with Crippen LogP contribution in [-0.2, 0) is 18.7 Å². The number of aromatic nitrogens is 7. The first-order chi connectivity index (χ1) is 25.3. The zero-order valence-electron chi connectivity index (χ0n) is 28.8. The number of pyridine rings is 1. The highest BCUT2D eigenvalue weighted by molar-refractivity contribution is 5.94. The maximum Gasteiger partial charge on any atom is 0.329 e. The van der Waals surface area contributed by atoms with E-state index in [0.717, 1.165) is 16.7 Å². The molecule has 14 nitrogen and oxygen atoms in total. The Labute approximate surface area is 299 Å². The van der Waals surface area contributed by atoms with Gasteiger partial charge in [-0.3, -0.25) is 23.9 Å². The molecule has 1 aliphatic heterocycles. The van der Waals surface area contributed by atoms with Gasteiger partial charge in [0.05, 0.1) is 35.2 Å². The lowest BCUT2D eigenvalue weighted by Crippen LogP contribution is -2.42. The van der Waals surface area contributed by atoms with E-state index in [2.05, 4.69) is 31.8 Å². The molecule has 6 aromatic rings. The lowest BCUT2D eigenvalue weighted by Gasteiger charge is -2.32. The lowest BCUT2D eigenvalue weighted by atomic mass is 10.0. The highest BCUT2D eigenvalue weighted by Crippen LogP contribution is 2.23. The number of benzene rings is 2. The first kappa shape index (κ1) is 35.1. The number of aliphatic hydroxyl groups is 1. The number of halogens is 2. The number of amides is 1. The van der Waals surface area contributed by atoms with Crippen LogP contribution < -0.4 is 22.1 Å². The van der Waals surface area contributed by atoms with Gasteiger partial charge in [0.1, 0.15) is 22.6 Å². The first-order valence-electron chi connectivity index (χ1n) is 16.9. The Kier molecular flexibility index (Phi) is 9.07. The Morgan fingerprint density at radius 1 is 1.06 bits per heavy atom. The minimum absolute atomic E-state index is 0.0721. The number of fused-ring (bicyclic) bond motifs is 2. The molecule has 2 aromatic carbocycles. The van der Waals surface area contributed by atoms with Gasteiger partial charge in [0.2, 0.25) is 5.95 Å². The summed E-state index contributed by atoms with van der Waals surface area (Å²) in [6, 6.07) is 12.8. The van der Waals surface area contributed by atoms with E-state index in [9.17, 15) is 28.7 Å². The second kappa shape index (κ2) is 13.7. The molecular formula is C37H35F2N9O5. The van der Waals surface area contributed by atoms with Gasteiger partial charge in [0, 0.05) is 25.3 Å². The maximum atomic E-state index is 15.1. The molecule has 1 saturated heterocycles. The van der Waals surface area contributed by atoms with Crippen molar-refractivity contribution in [3.63, 3.8) is 0 Å². The van der Waals surface area contributed by atoms with E-state index in [1.807, 2.05) is 0 Å². The number of carbonyl (C=O) groups is 1. The molecule has 53 heavy (non-hydrogen) atoms. The zero-order chi connectivity index (χ0) is 37.6. The van der Waals surface area contributed by atoms with Gasteiger partial charge in [-0.1, -0.05) is 24.3 Å². The molecule has 7 rings (SSSR count). The number of hydrogen-bond acceptors (Lipinski definition) is 9. The van der Waals surface area contributed by atoms with E-state index >= 15 is 4.39 Å². The molecule has 3 N–H and O–H groups in total. The molecule has 16 heteroatoms. The van der Waals surface area contributed by atoms with Crippen LogP contribution in [0.4, 0.5) is 14.7 Å². The largest absolute Gasteiger partial charge is 0.384 e. The van der Waals surface area contributed by atoms with Crippen molar-refractivity contribution in [1.82, 2.24) is 38.8 Å². The van der Waals surface area contributed by atoms with E-state index < -0.39 is 34.4 Å². The molecule has 0 radical (unpaired) electrons. The molecule has 0 aliphatic carbocycles. The Hall–Kier alpha value is -6.29. The quantitative estimate of drug-likeness (QED) is 0.189. The molecule has 0 bridgehead atoms. The molecule has 0 atom stereocenters. The van der Waals surface area contributed by atoms with Crippen LogP contribution in [0.3, 0.4) is 0 Å². The summed E-state index contributed by atoms with van der Waals surface area (Å²) in [5.41, 5.74) is -2.17. The Balaban J connectivity index is 1.09. The number of anilines is 1.